The lowest BCUT2D eigenvalue weighted by molar-refractivity contribution is -0.148. The number of fused-ring (bicyclic) bond motifs is 2. The summed E-state index contributed by atoms with van der Waals surface area (Å²) >= 11 is 0. The molecule has 1 aliphatic carbocycles. The summed E-state index contributed by atoms with van der Waals surface area (Å²) in [6.45, 7) is 0. The van der Waals surface area contributed by atoms with Crippen molar-refractivity contribution in [2.24, 2.45) is 5.92 Å². The largest absolute Gasteiger partial charge is 0.480 e. The summed E-state index contributed by atoms with van der Waals surface area (Å²) in [5, 5.41) is 16.9. The molecule has 7 nitrogen and oxygen atoms in total. The molecule has 1 aromatic heterocycles. The van der Waals surface area contributed by atoms with Crippen LogP contribution in [-0.2, 0) is 9.59 Å². The second-order valence-electron chi connectivity index (χ2n) is 8.11. The summed E-state index contributed by atoms with van der Waals surface area (Å²) in [6.07, 6.45) is 5.25. The maximum atomic E-state index is 13.0. The van der Waals surface area contributed by atoms with Gasteiger partial charge < -0.3 is 15.7 Å². The number of nitrogens with one attached hydrogen (secondary N) is 2. The van der Waals surface area contributed by atoms with Crippen LogP contribution in [0.2, 0.25) is 0 Å². The molecule has 4 atom stereocenters. The number of para-hydroxylation sites is 1. The molecule has 1 fully saturated rings. The first-order chi connectivity index (χ1) is 14.5. The molecule has 2 aromatic rings. The van der Waals surface area contributed by atoms with Gasteiger partial charge in [0.2, 0.25) is 11.6 Å². The zero-order valence-corrected chi connectivity index (χ0v) is 16.8. The van der Waals surface area contributed by atoms with Gasteiger partial charge in [-0.05, 0) is 49.6 Å². The minimum Gasteiger partial charge on any atom is -0.480 e. The van der Waals surface area contributed by atoms with Gasteiger partial charge >= 0.3 is 5.97 Å². The lowest BCUT2D eigenvalue weighted by atomic mass is 9.65. The lowest BCUT2D eigenvalue weighted by Gasteiger charge is -2.46. The van der Waals surface area contributed by atoms with Crippen molar-refractivity contribution in [2.75, 3.05) is 12.4 Å². The number of hydrogen-bond acceptors (Lipinski definition) is 6. The van der Waals surface area contributed by atoms with Crippen molar-refractivity contribution in [1.82, 2.24) is 10.3 Å². The normalized spacial score (nSPS) is 24.1. The van der Waals surface area contributed by atoms with Gasteiger partial charge in [0.15, 0.2) is 0 Å². The number of aliphatic carboxylic acids is 1. The van der Waals surface area contributed by atoms with Gasteiger partial charge in [0.1, 0.15) is 5.54 Å². The highest BCUT2D eigenvalue weighted by atomic mass is 16.4. The topological polar surface area (TPSA) is 108 Å². The van der Waals surface area contributed by atoms with Crippen molar-refractivity contribution in [1.29, 1.82) is 0 Å². The number of hydrogen-bond donors (Lipinski definition) is 3. The first-order valence-corrected chi connectivity index (χ1v) is 10.2. The Bertz CT molecular complexity index is 977. The van der Waals surface area contributed by atoms with Crippen LogP contribution in [0.25, 0.3) is 0 Å². The van der Waals surface area contributed by atoms with Crippen LogP contribution in [0.5, 0.6) is 0 Å². The predicted octanol–water partition coefficient (Wildman–Crippen LogP) is 2.64. The molecule has 2 aliphatic rings. The molecule has 7 heteroatoms. The first kappa shape index (κ1) is 20.2. The number of Topliss-reactive ketones (excluding diaryl/α,β-unsaturated/α-hetero) is 2. The van der Waals surface area contributed by atoms with E-state index in [9.17, 15) is 19.5 Å². The Morgan fingerprint density at radius 2 is 2.00 bits per heavy atom. The number of benzene rings is 1. The van der Waals surface area contributed by atoms with Crippen molar-refractivity contribution < 1.29 is 19.5 Å². The second kappa shape index (κ2) is 7.99. The summed E-state index contributed by atoms with van der Waals surface area (Å²) in [6, 6.07) is 10.9. The maximum Gasteiger partial charge on any atom is 0.325 e. The van der Waals surface area contributed by atoms with Gasteiger partial charge in [0.05, 0.1) is 0 Å². The highest BCUT2D eigenvalue weighted by Crippen LogP contribution is 2.51. The molecule has 2 unspecified atom stereocenters. The number of nitrogens with zero attached hydrogens (tertiary/aromatic N) is 1. The molecule has 1 saturated carbocycles. The molecular weight excluding hydrogens is 382 g/mol. The monoisotopic (exact) mass is 407 g/mol. The summed E-state index contributed by atoms with van der Waals surface area (Å²) in [7, 11) is 1.56. The van der Waals surface area contributed by atoms with Crippen LogP contribution in [0.1, 0.15) is 47.5 Å². The van der Waals surface area contributed by atoms with E-state index < -0.39 is 35.4 Å². The van der Waals surface area contributed by atoms with Gasteiger partial charge in [-0.3, -0.25) is 19.4 Å². The second-order valence-corrected chi connectivity index (χ2v) is 8.11. The van der Waals surface area contributed by atoms with E-state index in [1.165, 1.54) is 18.5 Å². The summed E-state index contributed by atoms with van der Waals surface area (Å²) in [5.74, 6) is -2.94. The van der Waals surface area contributed by atoms with Crippen LogP contribution in [0.4, 0.5) is 5.69 Å². The zero-order valence-electron chi connectivity index (χ0n) is 16.8. The third kappa shape index (κ3) is 3.29. The first-order valence-electron chi connectivity index (χ1n) is 10.2. The number of ketones is 2. The Balaban J connectivity index is 1.76. The molecule has 1 aromatic carbocycles. The highest BCUT2D eigenvalue weighted by molar-refractivity contribution is 6.44. The lowest BCUT2D eigenvalue weighted by Crippen LogP contribution is -2.60. The van der Waals surface area contributed by atoms with Gasteiger partial charge in [-0.2, -0.15) is 0 Å². The average molecular weight is 407 g/mol. The third-order valence-corrected chi connectivity index (χ3v) is 6.61. The quantitative estimate of drug-likeness (QED) is 0.478. The van der Waals surface area contributed by atoms with E-state index in [0.29, 0.717) is 0 Å². The number of likely N-dealkylation sites (N-methyl/N-ethyl adjacent to an activating group) is 1. The molecule has 1 aliphatic heterocycles. The van der Waals surface area contributed by atoms with Crippen LogP contribution < -0.4 is 10.6 Å². The molecule has 0 saturated heterocycles. The van der Waals surface area contributed by atoms with Crippen molar-refractivity contribution in [3.8, 4) is 0 Å². The van der Waals surface area contributed by atoms with E-state index in [0.717, 1.165) is 30.5 Å². The smallest absolute Gasteiger partial charge is 0.325 e. The molecule has 2 heterocycles. The Kier molecular flexibility index (Phi) is 5.39. The number of carboxylic acids is 1. The summed E-state index contributed by atoms with van der Waals surface area (Å²) in [5.41, 5.74) is 0.361. The number of pyridine rings is 1. The van der Waals surface area contributed by atoms with Gasteiger partial charge in [-0.15, -0.1) is 0 Å². The minimum absolute atomic E-state index is 0.0599. The van der Waals surface area contributed by atoms with Crippen molar-refractivity contribution in [2.45, 2.75) is 43.2 Å². The third-order valence-electron chi connectivity index (χ3n) is 6.61. The SMILES string of the molecule is CNC(CC(=O)C(=O)c1cccnc1)(C(=O)O)C1c2ccccc2N[C@@H]2CCC[C@H]12. The fourth-order valence-corrected chi connectivity index (χ4v) is 5.19. The molecule has 0 bridgehead atoms. The van der Waals surface area contributed by atoms with E-state index in [1.54, 1.807) is 13.1 Å². The van der Waals surface area contributed by atoms with E-state index >= 15 is 0 Å². The number of carbonyl (C=O) groups excluding carboxylic acids is 2. The molecule has 156 valence electrons. The fourth-order valence-electron chi connectivity index (χ4n) is 5.19. The molecule has 4 rings (SSSR count). The van der Waals surface area contributed by atoms with E-state index in [-0.39, 0.29) is 17.5 Å². The molecular formula is C23H25N3O4. The van der Waals surface area contributed by atoms with E-state index in [1.807, 2.05) is 24.3 Å². The Morgan fingerprint density at radius 1 is 1.20 bits per heavy atom. The van der Waals surface area contributed by atoms with Crippen LogP contribution >= 0.6 is 0 Å². The number of rotatable bonds is 7. The predicted molar refractivity (Wildman–Crippen MR) is 112 cm³/mol. The van der Waals surface area contributed by atoms with Gasteiger partial charge in [0, 0.05) is 42.0 Å². The highest BCUT2D eigenvalue weighted by Gasteiger charge is 2.55. The standard InChI is InChI=1S/C23H25N3O4/c1-24-23(22(29)30,12-19(27)21(28)14-6-5-11-25-13-14)20-15-7-2-3-9-17(15)26-18-10-4-8-16(18)20/h2-3,5-7,9,11,13,16,18,20,24,26H,4,8,10,12H2,1H3,(H,29,30)/t16-,18+,20?,23?/m0/s1. The number of carboxylic acid groups (broad SMARTS) is 1. The Morgan fingerprint density at radius 3 is 2.70 bits per heavy atom. The van der Waals surface area contributed by atoms with Crippen LogP contribution in [0.15, 0.2) is 48.8 Å². The maximum absolute atomic E-state index is 13.0. The van der Waals surface area contributed by atoms with Crippen molar-refractivity contribution in [3.05, 3.63) is 59.9 Å². The van der Waals surface area contributed by atoms with Gasteiger partial charge in [-0.25, -0.2) is 0 Å². The summed E-state index contributed by atoms with van der Waals surface area (Å²) < 4.78 is 0. The van der Waals surface area contributed by atoms with Gasteiger partial charge in [-0.1, -0.05) is 24.6 Å². The van der Waals surface area contributed by atoms with Crippen LogP contribution in [0.3, 0.4) is 0 Å². The fraction of sp³-hybridized carbons (Fsp3) is 0.391. The Hall–Kier alpha value is -3.06. The van der Waals surface area contributed by atoms with Crippen molar-refractivity contribution >= 4 is 23.2 Å². The zero-order chi connectivity index (χ0) is 21.3. The minimum atomic E-state index is -1.58. The van der Waals surface area contributed by atoms with Crippen molar-refractivity contribution in [3.63, 3.8) is 0 Å². The molecule has 3 N–H and O–H groups in total. The Labute approximate surface area is 174 Å². The number of carbonyl (C=O) groups is 3. The average Bonchev–Trinajstić information content (AvgIpc) is 3.23. The molecule has 0 radical (unpaired) electrons. The van der Waals surface area contributed by atoms with Gasteiger partial charge in [0.25, 0.3) is 0 Å². The summed E-state index contributed by atoms with van der Waals surface area (Å²) in [4.78, 5) is 42.2. The van der Waals surface area contributed by atoms with E-state index in [4.69, 9.17) is 0 Å². The molecule has 30 heavy (non-hydrogen) atoms. The van der Waals surface area contributed by atoms with E-state index in [2.05, 4.69) is 15.6 Å². The molecule has 0 spiro atoms. The van der Waals surface area contributed by atoms with Crippen LogP contribution in [0, 0.1) is 5.92 Å². The number of anilines is 1. The molecule has 0 amide bonds. The number of aromatic nitrogens is 1. The van der Waals surface area contributed by atoms with Crippen LogP contribution in [-0.4, -0.2) is 46.3 Å².